The second-order valence-electron chi connectivity index (χ2n) is 16.7. The Morgan fingerprint density at radius 2 is 0.632 bits per heavy atom. The third-order valence-electron chi connectivity index (χ3n) is 11.0. The highest BCUT2D eigenvalue weighted by molar-refractivity contribution is 5.71. The molecule has 0 bridgehead atoms. The number of allylic oxidation sites excluding steroid dienone is 4. The number of esters is 3. The number of carbonyl (C=O) groups excluding carboxylic acids is 3. The average molecular weight is 803 g/mol. The first-order valence-electron chi connectivity index (χ1n) is 24.8. The van der Waals surface area contributed by atoms with Crippen LogP contribution in [0.15, 0.2) is 24.3 Å². The van der Waals surface area contributed by atoms with Crippen molar-refractivity contribution in [3.05, 3.63) is 24.3 Å². The Bertz CT molecular complexity index is 927. The van der Waals surface area contributed by atoms with E-state index in [0.29, 0.717) is 19.3 Å². The molecule has 0 radical (unpaired) electrons. The van der Waals surface area contributed by atoms with Crippen molar-refractivity contribution < 1.29 is 28.6 Å². The lowest BCUT2D eigenvalue weighted by Crippen LogP contribution is -2.30. The molecule has 0 aromatic heterocycles. The van der Waals surface area contributed by atoms with Crippen LogP contribution < -0.4 is 0 Å². The van der Waals surface area contributed by atoms with E-state index in [4.69, 9.17) is 14.2 Å². The molecule has 0 aromatic rings. The van der Waals surface area contributed by atoms with E-state index in [2.05, 4.69) is 45.1 Å². The maximum absolute atomic E-state index is 12.7. The number of hydrogen-bond donors (Lipinski definition) is 0. The maximum atomic E-state index is 12.7. The zero-order chi connectivity index (χ0) is 41.5. The van der Waals surface area contributed by atoms with Crippen LogP contribution in [0, 0.1) is 0 Å². The van der Waals surface area contributed by atoms with E-state index < -0.39 is 6.10 Å². The predicted molar refractivity (Wildman–Crippen MR) is 243 cm³/mol. The summed E-state index contributed by atoms with van der Waals surface area (Å²) >= 11 is 0. The Kier molecular flexibility index (Phi) is 44.9. The fraction of sp³-hybridized carbons (Fsp3) is 0.863. The molecular formula is C51H94O6. The molecule has 6 heteroatoms. The number of rotatable bonds is 45. The molecule has 0 unspecified atom stereocenters. The van der Waals surface area contributed by atoms with Gasteiger partial charge < -0.3 is 14.2 Å². The van der Waals surface area contributed by atoms with Gasteiger partial charge in [0.15, 0.2) is 6.10 Å². The van der Waals surface area contributed by atoms with Crippen molar-refractivity contribution in [1.82, 2.24) is 0 Å². The summed E-state index contributed by atoms with van der Waals surface area (Å²) in [6.45, 7) is 6.61. The van der Waals surface area contributed by atoms with E-state index in [-0.39, 0.29) is 31.1 Å². The number of carbonyl (C=O) groups is 3. The van der Waals surface area contributed by atoms with E-state index in [1.807, 2.05) is 0 Å². The molecule has 0 saturated heterocycles. The second kappa shape index (κ2) is 46.6. The third-order valence-corrected chi connectivity index (χ3v) is 11.0. The highest BCUT2D eigenvalue weighted by Crippen LogP contribution is 2.15. The van der Waals surface area contributed by atoms with Gasteiger partial charge in [-0.05, 0) is 51.4 Å². The minimum absolute atomic E-state index is 0.0712. The van der Waals surface area contributed by atoms with Gasteiger partial charge in [-0.2, -0.15) is 0 Å². The fourth-order valence-electron chi connectivity index (χ4n) is 7.18. The first-order chi connectivity index (χ1) is 28.0. The van der Waals surface area contributed by atoms with E-state index in [1.165, 1.54) is 148 Å². The lowest BCUT2D eigenvalue weighted by Gasteiger charge is -2.18. The molecule has 6 nitrogen and oxygen atoms in total. The minimum Gasteiger partial charge on any atom is -0.462 e. The second-order valence-corrected chi connectivity index (χ2v) is 16.7. The Labute approximate surface area is 353 Å². The van der Waals surface area contributed by atoms with Crippen LogP contribution in [0.5, 0.6) is 0 Å². The molecule has 0 fully saturated rings. The lowest BCUT2D eigenvalue weighted by atomic mass is 10.0. The minimum atomic E-state index is -0.769. The van der Waals surface area contributed by atoms with Crippen molar-refractivity contribution in [3.63, 3.8) is 0 Å². The van der Waals surface area contributed by atoms with Gasteiger partial charge in [0.05, 0.1) is 0 Å². The monoisotopic (exact) mass is 803 g/mol. The maximum Gasteiger partial charge on any atom is 0.306 e. The molecular weight excluding hydrogens is 709 g/mol. The van der Waals surface area contributed by atoms with Gasteiger partial charge in [0, 0.05) is 19.3 Å². The quantitative estimate of drug-likeness (QED) is 0.0264. The van der Waals surface area contributed by atoms with Gasteiger partial charge >= 0.3 is 17.9 Å². The molecule has 0 saturated carbocycles. The summed E-state index contributed by atoms with van der Waals surface area (Å²) in [5.74, 6) is -0.875. The van der Waals surface area contributed by atoms with Crippen LogP contribution in [0.2, 0.25) is 0 Å². The van der Waals surface area contributed by atoms with Gasteiger partial charge in [-0.3, -0.25) is 14.4 Å². The van der Waals surface area contributed by atoms with Crippen molar-refractivity contribution in [1.29, 1.82) is 0 Å². The van der Waals surface area contributed by atoms with Crippen LogP contribution >= 0.6 is 0 Å². The van der Waals surface area contributed by atoms with Gasteiger partial charge in [-0.25, -0.2) is 0 Å². The first kappa shape index (κ1) is 54.9. The Balaban J connectivity index is 4.36. The lowest BCUT2D eigenvalue weighted by molar-refractivity contribution is -0.167. The van der Waals surface area contributed by atoms with Gasteiger partial charge in [0.1, 0.15) is 13.2 Å². The molecule has 0 aliphatic heterocycles. The SMILES string of the molecule is CCCCC/C=C\C/C=C\CCCCCCCC(=O)OC[C@H](COC(=O)CCCCCCCCCCCCC)OC(=O)CCCCCCCCCCCCCCC. The number of ether oxygens (including phenoxy) is 3. The van der Waals surface area contributed by atoms with Gasteiger partial charge in [-0.1, -0.05) is 218 Å². The van der Waals surface area contributed by atoms with Crippen molar-refractivity contribution in [2.75, 3.05) is 13.2 Å². The molecule has 0 aromatic carbocycles. The Morgan fingerprint density at radius 3 is 1.00 bits per heavy atom. The predicted octanol–water partition coefficient (Wildman–Crippen LogP) is 16.0. The van der Waals surface area contributed by atoms with Crippen LogP contribution in [0.4, 0.5) is 0 Å². The highest BCUT2D eigenvalue weighted by atomic mass is 16.6. The number of hydrogen-bond acceptors (Lipinski definition) is 6. The fourth-order valence-corrected chi connectivity index (χ4v) is 7.18. The number of unbranched alkanes of at least 4 members (excludes halogenated alkanes) is 30. The largest absolute Gasteiger partial charge is 0.462 e. The van der Waals surface area contributed by atoms with Crippen LogP contribution in [0.25, 0.3) is 0 Å². The molecule has 334 valence electrons. The Hall–Kier alpha value is -2.11. The Morgan fingerprint density at radius 1 is 0.351 bits per heavy atom. The molecule has 0 amide bonds. The van der Waals surface area contributed by atoms with Gasteiger partial charge in [-0.15, -0.1) is 0 Å². The standard InChI is InChI=1S/C51H94O6/c1-4-7-10-13-16-19-22-24-25-27-29-32-35-38-41-44-50(53)56-47-48(46-55-49(52)43-40-37-34-31-28-21-18-15-12-9-6-3)57-51(54)45-42-39-36-33-30-26-23-20-17-14-11-8-5-2/h16,19,24-25,48H,4-15,17-18,20-23,26-47H2,1-3H3/b19-16-,25-24-/t48-/m0/s1. The molecule has 57 heavy (non-hydrogen) atoms. The summed E-state index contributed by atoms with van der Waals surface area (Å²) in [5, 5.41) is 0. The zero-order valence-electron chi connectivity index (χ0n) is 38.1. The molecule has 0 aliphatic rings. The first-order valence-corrected chi connectivity index (χ1v) is 24.8. The molecule has 0 heterocycles. The molecule has 1 atom stereocenters. The summed E-state index contributed by atoms with van der Waals surface area (Å²) in [7, 11) is 0. The average Bonchev–Trinajstić information content (AvgIpc) is 3.21. The molecule has 0 rings (SSSR count). The zero-order valence-corrected chi connectivity index (χ0v) is 38.1. The van der Waals surface area contributed by atoms with Gasteiger partial charge in [0.2, 0.25) is 0 Å². The summed E-state index contributed by atoms with van der Waals surface area (Å²) in [4.78, 5) is 37.8. The van der Waals surface area contributed by atoms with Crippen LogP contribution in [0.3, 0.4) is 0 Å². The summed E-state index contributed by atoms with van der Waals surface area (Å²) in [6, 6.07) is 0. The van der Waals surface area contributed by atoms with Crippen molar-refractivity contribution in [2.45, 2.75) is 271 Å². The van der Waals surface area contributed by atoms with Crippen molar-refractivity contribution >= 4 is 17.9 Å². The van der Waals surface area contributed by atoms with Crippen LogP contribution in [0.1, 0.15) is 265 Å². The van der Waals surface area contributed by atoms with Gasteiger partial charge in [0.25, 0.3) is 0 Å². The summed E-state index contributed by atoms with van der Waals surface area (Å²) in [5.41, 5.74) is 0. The summed E-state index contributed by atoms with van der Waals surface area (Å²) in [6.07, 6.45) is 51.5. The van der Waals surface area contributed by atoms with Crippen molar-refractivity contribution in [3.8, 4) is 0 Å². The summed E-state index contributed by atoms with van der Waals surface area (Å²) < 4.78 is 16.8. The van der Waals surface area contributed by atoms with E-state index in [9.17, 15) is 14.4 Å². The van der Waals surface area contributed by atoms with Crippen molar-refractivity contribution in [2.24, 2.45) is 0 Å². The molecule has 0 N–H and O–H groups in total. The molecule has 0 aliphatic carbocycles. The topological polar surface area (TPSA) is 78.9 Å². The van der Waals surface area contributed by atoms with E-state index >= 15 is 0 Å². The van der Waals surface area contributed by atoms with Crippen LogP contribution in [-0.2, 0) is 28.6 Å². The van der Waals surface area contributed by atoms with Crippen LogP contribution in [-0.4, -0.2) is 37.2 Å². The third kappa shape index (κ3) is 44.8. The smallest absolute Gasteiger partial charge is 0.306 e. The van der Waals surface area contributed by atoms with E-state index in [0.717, 1.165) is 77.0 Å². The highest BCUT2D eigenvalue weighted by Gasteiger charge is 2.19. The molecule has 0 spiro atoms. The van der Waals surface area contributed by atoms with E-state index in [1.54, 1.807) is 0 Å². The normalized spacial score (nSPS) is 12.1.